The molecule has 1 aliphatic carbocycles. The molecule has 0 spiro atoms. The summed E-state index contributed by atoms with van der Waals surface area (Å²) in [5.41, 5.74) is 4.45. The van der Waals surface area contributed by atoms with E-state index < -0.39 is 29.8 Å². The number of carbonyl (C=O) groups is 3. The van der Waals surface area contributed by atoms with E-state index >= 15 is 0 Å². The number of ether oxygens (including phenoxy) is 2. The van der Waals surface area contributed by atoms with E-state index in [4.69, 9.17) is 9.47 Å². The number of amides is 1. The monoisotopic (exact) mass is 527 g/mol. The second-order valence-corrected chi connectivity index (χ2v) is 10.4. The minimum atomic E-state index is -1.29. The first-order valence-electron chi connectivity index (χ1n) is 12.6. The normalized spacial score (nSPS) is 13.4. The van der Waals surface area contributed by atoms with Crippen LogP contribution in [0.4, 0.5) is 9.59 Å². The lowest BCUT2D eigenvalue weighted by Crippen LogP contribution is -2.42. The standard InChI is InChI=1S/C30H29N3O6/c1-30(2,3)39-29(37)33-16-18(19-13-8-14-31-26(19)33)15-25(27(34)35)32-28(36)38-17-24-22-11-6-4-9-20(22)21-10-5-7-12-23(21)24/h4-14,16,24-25H,15,17H2,1-3H3,(H,32,36)(H,34,35)/t25-/m0/s1. The Hall–Kier alpha value is -4.66. The SMILES string of the molecule is CC(C)(C)OC(=O)n1cc(C[C@H](NC(=O)OCC2c3ccccc3-c3ccccc32)C(=O)O)c2cccnc21. The third kappa shape index (κ3) is 5.34. The van der Waals surface area contributed by atoms with Gasteiger partial charge in [-0.2, -0.15) is 0 Å². The first-order valence-corrected chi connectivity index (χ1v) is 12.6. The van der Waals surface area contributed by atoms with Crippen LogP contribution in [0, 0.1) is 0 Å². The van der Waals surface area contributed by atoms with Gasteiger partial charge in [0.2, 0.25) is 0 Å². The van der Waals surface area contributed by atoms with E-state index in [1.807, 2.05) is 48.5 Å². The van der Waals surface area contributed by atoms with Crippen LogP contribution >= 0.6 is 0 Å². The summed E-state index contributed by atoms with van der Waals surface area (Å²) in [7, 11) is 0. The number of fused-ring (bicyclic) bond motifs is 4. The van der Waals surface area contributed by atoms with Crippen molar-refractivity contribution in [3.63, 3.8) is 0 Å². The van der Waals surface area contributed by atoms with Crippen molar-refractivity contribution >= 4 is 29.2 Å². The van der Waals surface area contributed by atoms with Gasteiger partial charge in [-0.3, -0.25) is 0 Å². The number of carboxylic acid groups (broad SMARTS) is 1. The molecular weight excluding hydrogens is 498 g/mol. The van der Waals surface area contributed by atoms with Gasteiger partial charge in [0, 0.05) is 30.1 Å². The number of hydrogen-bond acceptors (Lipinski definition) is 6. The van der Waals surface area contributed by atoms with Crippen LogP contribution in [0.2, 0.25) is 0 Å². The molecule has 0 saturated carbocycles. The Labute approximate surface area is 225 Å². The summed E-state index contributed by atoms with van der Waals surface area (Å²) < 4.78 is 12.3. The number of nitrogens with zero attached hydrogens (tertiary/aromatic N) is 2. The number of carboxylic acids is 1. The zero-order chi connectivity index (χ0) is 27.7. The molecule has 2 N–H and O–H groups in total. The number of rotatable bonds is 6. The molecule has 1 amide bonds. The molecule has 0 fully saturated rings. The fraction of sp³-hybridized carbons (Fsp3) is 0.267. The zero-order valence-electron chi connectivity index (χ0n) is 21.9. The molecule has 39 heavy (non-hydrogen) atoms. The minimum absolute atomic E-state index is 0.0636. The van der Waals surface area contributed by atoms with Crippen LogP contribution in [-0.2, 0) is 20.7 Å². The quantitative estimate of drug-likeness (QED) is 0.347. The number of aromatic nitrogens is 2. The predicted molar refractivity (Wildman–Crippen MR) is 145 cm³/mol. The van der Waals surface area contributed by atoms with Crippen LogP contribution in [0.5, 0.6) is 0 Å². The van der Waals surface area contributed by atoms with Crippen molar-refractivity contribution in [3.8, 4) is 11.1 Å². The maximum atomic E-state index is 12.8. The van der Waals surface area contributed by atoms with Crippen molar-refractivity contribution in [3.05, 3.63) is 89.7 Å². The van der Waals surface area contributed by atoms with Gasteiger partial charge in [-0.1, -0.05) is 48.5 Å². The van der Waals surface area contributed by atoms with Crippen molar-refractivity contribution in [1.29, 1.82) is 0 Å². The highest BCUT2D eigenvalue weighted by Crippen LogP contribution is 2.44. The summed E-state index contributed by atoms with van der Waals surface area (Å²) in [6.07, 6.45) is 1.49. The average molecular weight is 528 g/mol. The molecule has 1 aliphatic rings. The lowest BCUT2D eigenvalue weighted by molar-refractivity contribution is -0.139. The van der Waals surface area contributed by atoms with Gasteiger partial charge in [0.1, 0.15) is 23.9 Å². The number of aliphatic carboxylic acids is 1. The lowest BCUT2D eigenvalue weighted by atomic mass is 9.98. The number of hydrogen-bond donors (Lipinski definition) is 2. The highest BCUT2D eigenvalue weighted by molar-refractivity contribution is 5.90. The van der Waals surface area contributed by atoms with Gasteiger partial charge < -0.3 is 19.9 Å². The van der Waals surface area contributed by atoms with Crippen LogP contribution in [-0.4, -0.2) is 51.1 Å². The van der Waals surface area contributed by atoms with Gasteiger partial charge in [0.05, 0.1) is 0 Å². The highest BCUT2D eigenvalue weighted by atomic mass is 16.6. The second-order valence-electron chi connectivity index (χ2n) is 10.4. The molecule has 0 radical (unpaired) electrons. The molecule has 200 valence electrons. The van der Waals surface area contributed by atoms with Gasteiger partial charge >= 0.3 is 18.2 Å². The number of carbonyl (C=O) groups excluding carboxylic acids is 2. The van der Waals surface area contributed by atoms with E-state index in [1.165, 1.54) is 17.0 Å². The fourth-order valence-electron chi connectivity index (χ4n) is 4.94. The predicted octanol–water partition coefficient (Wildman–Crippen LogP) is 5.35. The Bertz CT molecular complexity index is 1520. The number of nitrogens with one attached hydrogen (secondary N) is 1. The number of benzene rings is 2. The molecule has 4 aromatic rings. The molecule has 0 aliphatic heterocycles. The number of alkyl carbamates (subject to hydrolysis) is 1. The van der Waals surface area contributed by atoms with E-state index in [-0.39, 0.29) is 18.9 Å². The topological polar surface area (TPSA) is 120 Å². The Morgan fingerprint density at radius 2 is 1.64 bits per heavy atom. The largest absolute Gasteiger partial charge is 0.480 e. The Morgan fingerprint density at radius 3 is 2.26 bits per heavy atom. The summed E-state index contributed by atoms with van der Waals surface area (Å²) in [5, 5.41) is 12.9. The fourth-order valence-corrected chi connectivity index (χ4v) is 4.94. The summed E-state index contributed by atoms with van der Waals surface area (Å²) in [4.78, 5) is 41.9. The van der Waals surface area contributed by atoms with Crippen molar-refractivity contribution in [2.75, 3.05) is 6.61 Å². The average Bonchev–Trinajstić information content (AvgIpc) is 3.42. The molecular formula is C30H29N3O6. The smallest absolute Gasteiger partial charge is 0.420 e. The van der Waals surface area contributed by atoms with E-state index in [2.05, 4.69) is 10.3 Å². The highest BCUT2D eigenvalue weighted by Gasteiger charge is 2.30. The van der Waals surface area contributed by atoms with Crippen LogP contribution in [0.25, 0.3) is 22.2 Å². The van der Waals surface area contributed by atoms with Crippen molar-refractivity contribution in [2.45, 2.75) is 44.8 Å². The van der Waals surface area contributed by atoms with Crippen LogP contribution in [0.1, 0.15) is 43.4 Å². The molecule has 0 unspecified atom stereocenters. The van der Waals surface area contributed by atoms with Gasteiger partial charge in [-0.25, -0.2) is 23.9 Å². The number of pyridine rings is 1. The van der Waals surface area contributed by atoms with E-state index in [9.17, 15) is 19.5 Å². The lowest BCUT2D eigenvalue weighted by Gasteiger charge is -2.19. The minimum Gasteiger partial charge on any atom is -0.480 e. The first kappa shape index (κ1) is 26.0. The van der Waals surface area contributed by atoms with E-state index in [0.29, 0.717) is 16.6 Å². The summed E-state index contributed by atoms with van der Waals surface area (Å²) in [6.45, 7) is 5.32. The van der Waals surface area contributed by atoms with Crippen LogP contribution in [0.3, 0.4) is 0 Å². The molecule has 9 nitrogen and oxygen atoms in total. The molecule has 1 atom stereocenters. The first-order chi connectivity index (χ1) is 18.6. The van der Waals surface area contributed by atoms with Gasteiger partial charge in [-0.05, 0) is 60.7 Å². The van der Waals surface area contributed by atoms with Crippen LogP contribution < -0.4 is 5.32 Å². The van der Waals surface area contributed by atoms with Gasteiger partial charge in [-0.15, -0.1) is 0 Å². The van der Waals surface area contributed by atoms with Crippen molar-refractivity contribution in [1.82, 2.24) is 14.9 Å². The molecule has 9 heteroatoms. The third-order valence-corrected chi connectivity index (χ3v) is 6.59. The molecule has 0 saturated heterocycles. The Balaban J connectivity index is 1.31. The maximum Gasteiger partial charge on any atom is 0.420 e. The molecule has 0 bridgehead atoms. The summed E-state index contributed by atoms with van der Waals surface area (Å²) >= 11 is 0. The summed E-state index contributed by atoms with van der Waals surface area (Å²) in [5.74, 6) is -1.38. The van der Waals surface area contributed by atoms with Crippen molar-refractivity contribution in [2.24, 2.45) is 0 Å². The Morgan fingerprint density at radius 1 is 1.00 bits per heavy atom. The van der Waals surface area contributed by atoms with Gasteiger partial charge in [0.15, 0.2) is 0 Å². The second kappa shape index (κ2) is 10.2. The zero-order valence-corrected chi connectivity index (χ0v) is 21.9. The van der Waals surface area contributed by atoms with E-state index in [0.717, 1.165) is 22.3 Å². The van der Waals surface area contributed by atoms with Gasteiger partial charge in [0.25, 0.3) is 0 Å². The third-order valence-electron chi connectivity index (χ3n) is 6.59. The summed E-state index contributed by atoms with van der Waals surface area (Å²) in [6, 6.07) is 18.1. The maximum absolute atomic E-state index is 12.8. The molecule has 2 aromatic heterocycles. The van der Waals surface area contributed by atoms with Crippen LogP contribution in [0.15, 0.2) is 73.1 Å². The van der Waals surface area contributed by atoms with E-state index in [1.54, 1.807) is 32.9 Å². The molecule has 2 aromatic carbocycles. The Kier molecular flexibility index (Phi) is 6.82. The molecule has 2 heterocycles. The van der Waals surface area contributed by atoms with Crippen molar-refractivity contribution < 1.29 is 29.0 Å². The molecule has 5 rings (SSSR count).